The number of anilines is 1. The standard InChI is InChI=1S/C13H16N4/c1-9-15-16-13(17(9)12-6-7-12)8-10-2-4-11(14)5-3-10/h2-5,12H,6-8,14H2,1H3. The summed E-state index contributed by atoms with van der Waals surface area (Å²) >= 11 is 0. The Bertz CT molecular complexity index is 523. The van der Waals surface area contributed by atoms with Crippen LogP contribution in [0.15, 0.2) is 24.3 Å². The van der Waals surface area contributed by atoms with Crippen molar-refractivity contribution < 1.29 is 0 Å². The van der Waals surface area contributed by atoms with Crippen molar-refractivity contribution >= 4 is 5.69 Å². The number of benzene rings is 1. The highest BCUT2D eigenvalue weighted by molar-refractivity contribution is 5.39. The number of hydrogen-bond donors (Lipinski definition) is 1. The Morgan fingerprint density at radius 2 is 1.94 bits per heavy atom. The molecule has 1 heterocycles. The van der Waals surface area contributed by atoms with Crippen molar-refractivity contribution in [1.82, 2.24) is 14.8 Å². The van der Waals surface area contributed by atoms with Crippen molar-refractivity contribution in [3.05, 3.63) is 41.5 Å². The number of nitrogens with zero attached hydrogens (tertiary/aromatic N) is 3. The molecular formula is C13H16N4. The largest absolute Gasteiger partial charge is 0.399 e. The summed E-state index contributed by atoms with van der Waals surface area (Å²) in [5.74, 6) is 2.09. The summed E-state index contributed by atoms with van der Waals surface area (Å²) in [7, 11) is 0. The summed E-state index contributed by atoms with van der Waals surface area (Å²) in [6, 6.07) is 8.60. The van der Waals surface area contributed by atoms with Gasteiger partial charge in [-0.05, 0) is 37.5 Å². The molecule has 1 aromatic carbocycles. The van der Waals surface area contributed by atoms with Gasteiger partial charge >= 0.3 is 0 Å². The van der Waals surface area contributed by atoms with Crippen molar-refractivity contribution in [3.63, 3.8) is 0 Å². The number of rotatable bonds is 3. The van der Waals surface area contributed by atoms with Crippen LogP contribution in [0, 0.1) is 6.92 Å². The minimum absolute atomic E-state index is 0.633. The fourth-order valence-corrected chi connectivity index (χ4v) is 2.16. The molecule has 2 aromatic rings. The van der Waals surface area contributed by atoms with Gasteiger partial charge in [-0.3, -0.25) is 0 Å². The van der Waals surface area contributed by atoms with Crippen molar-refractivity contribution in [1.29, 1.82) is 0 Å². The quantitative estimate of drug-likeness (QED) is 0.818. The highest BCUT2D eigenvalue weighted by Gasteiger charge is 2.27. The van der Waals surface area contributed by atoms with Crippen molar-refractivity contribution in [2.75, 3.05) is 5.73 Å². The Hall–Kier alpha value is -1.84. The van der Waals surface area contributed by atoms with Gasteiger partial charge in [0.1, 0.15) is 11.6 Å². The lowest BCUT2D eigenvalue weighted by Gasteiger charge is -2.06. The van der Waals surface area contributed by atoms with Gasteiger partial charge in [-0.1, -0.05) is 12.1 Å². The third-order valence-electron chi connectivity index (χ3n) is 3.19. The fourth-order valence-electron chi connectivity index (χ4n) is 2.16. The van der Waals surface area contributed by atoms with Crippen molar-refractivity contribution in [2.24, 2.45) is 0 Å². The predicted molar refractivity (Wildman–Crippen MR) is 66.7 cm³/mol. The number of nitrogen functional groups attached to an aromatic ring is 1. The molecule has 1 aliphatic carbocycles. The molecule has 0 saturated heterocycles. The van der Waals surface area contributed by atoms with E-state index in [0.717, 1.165) is 23.8 Å². The molecule has 0 spiro atoms. The van der Waals surface area contributed by atoms with Gasteiger partial charge in [0, 0.05) is 18.2 Å². The van der Waals surface area contributed by atoms with Gasteiger partial charge in [-0.15, -0.1) is 10.2 Å². The van der Waals surface area contributed by atoms with Gasteiger partial charge in [-0.2, -0.15) is 0 Å². The lowest BCUT2D eigenvalue weighted by Crippen LogP contribution is -2.04. The smallest absolute Gasteiger partial charge is 0.137 e. The van der Waals surface area contributed by atoms with E-state index in [2.05, 4.69) is 26.9 Å². The zero-order valence-corrected chi connectivity index (χ0v) is 9.93. The molecule has 4 nitrogen and oxygen atoms in total. The Labute approximate surface area is 100 Å². The van der Waals surface area contributed by atoms with Crippen LogP contribution in [-0.2, 0) is 6.42 Å². The molecule has 0 unspecified atom stereocenters. The zero-order chi connectivity index (χ0) is 11.8. The van der Waals surface area contributed by atoms with E-state index in [1.165, 1.54) is 18.4 Å². The van der Waals surface area contributed by atoms with Crippen molar-refractivity contribution in [3.8, 4) is 0 Å². The van der Waals surface area contributed by atoms with Crippen LogP contribution < -0.4 is 5.73 Å². The maximum Gasteiger partial charge on any atom is 0.137 e. The van der Waals surface area contributed by atoms with E-state index in [9.17, 15) is 0 Å². The predicted octanol–water partition coefficient (Wildman–Crippen LogP) is 2.09. The Balaban J connectivity index is 1.87. The number of hydrogen-bond acceptors (Lipinski definition) is 3. The average Bonchev–Trinajstić information content (AvgIpc) is 3.08. The number of aromatic nitrogens is 3. The summed E-state index contributed by atoms with van der Waals surface area (Å²) < 4.78 is 2.27. The second-order valence-corrected chi connectivity index (χ2v) is 4.68. The molecule has 3 rings (SSSR count). The molecule has 0 radical (unpaired) electrons. The van der Waals surface area contributed by atoms with Gasteiger partial charge < -0.3 is 10.3 Å². The molecule has 1 saturated carbocycles. The molecule has 0 amide bonds. The maximum absolute atomic E-state index is 5.68. The van der Waals surface area contributed by atoms with Crippen LogP contribution in [-0.4, -0.2) is 14.8 Å². The summed E-state index contributed by atoms with van der Waals surface area (Å²) in [5.41, 5.74) is 7.71. The van der Waals surface area contributed by atoms with Gasteiger partial charge in [0.15, 0.2) is 0 Å². The lowest BCUT2D eigenvalue weighted by molar-refractivity contribution is 0.673. The molecule has 1 fully saturated rings. The monoisotopic (exact) mass is 228 g/mol. The normalized spacial score (nSPS) is 15.1. The third kappa shape index (κ3) is 2.02. The first-order valence-corrected chi connectivity index (χ1v) is 5.99. The minimum Gasteiger partial charge on any atom is -0.399 e. The average molecular weight is 228 g/mol. The Morgan fingerprint density at radius 1 is 1.24 bits per heavy atom. The van der Waals surface area contributed by atoms with Crippen LogP contribution >= 0.6 is 0 Å². The van der Waals surface area contributed by atoms with Gasteiger partial charge in [0.25, 0.3) is 0 Å². The Morgan fingerprint density at radius 3 is 2.59 bits per heavy atom. The minimum atomic E-state index is 0.633. The fraction of sp³-hybridized carbons (Fsp3) is 0.385. The van der Waals surface area contributed by atoms with Crippen LogP contribution in [0.3, 0.4) is 0 Å². The lowest BCUT2D eigenvalue weighted by atomic mass is 10.1. The summed E-state index contributed by atoms with van der Waals surface area (Å²) in [5, 5.41) is 8.46. The van der Waals surface area contributed by atoms with E-state index in [-0.39, 0.29) is 0 Å². The molecule has 88 valence electrons. The van der Waals surface area contributed by atoms with E-state index < -0.39 is 0 Å². The van der Waals surface area contributed by atoms with Crippen LogP contribution in [0.2, 0.25) is 0 Å². The van der Waals surface area contributed by atoms with Gasteiger partial charge in [0.2, 0.25) is 0 Å². The molecule has 2 N–H and O–H groups in total. The van der Waals surface area contributed by atoms with Crippen LogP contribution in [0.4, 0.5) is 5.69 Å². The third-order valence-corrected chi connectivity index (χ3v) is 3.19. The van der Waals surface area contributed by atoms with Gasteiger partial charge in [0.05, 0.1) is 0 Å². The van der Waals surface area contributed by atoms with Crippen LogP contribution in [0.5, 0.6) is 0 Å². The van der Waals surface area contributed by atoms with Crippen molar-refractivity contribution in [2.45, 2.75) is 32.2 Å². The number of nitrogens with two attached hydrogens (primary N) is 1. The van der Waals surface area contributed by atoms with E-state index in [0.29, 0.717) is 6.04 Å². The van der Waals surface area contributed by atoms with E-state index in [1.807, 2.05) is 19.1 Å². The second kappa shape index (κ2) is 3.87. The van der Waals surface area contributed by atoms with Crippen LogP contribution in [0.1, 0.15) is 36.1 Å². The number of aryl methyl sites for hydroxylation is 1. The molecule has 0 bridgehead atoms. The van der Waals surface area contributed by atoms with Gasteiger partial charge in [-0.25, -0.2) is 0 Å². The molecule has 4 heteroatoms. The summed E-state index contributed by atoms with van der Waals surface area (Å²) in [6.45, 7) is 2.03. The van der Waals surface area contributed by atoms with E-state index >= 15 is 0 Å². The molecule has 0 aliphatic heterocycles. The second-order valence-electron chi connectivity index (χ2n) is 4.68. The highest BCUT2D eigenvalue weighted by atomic mass is 15.3. The van der Waals surface area contributed by atoms with Crippen LogP contribution in [0.25, 0.3) is 0 Å². The first-order valence-electron chi connectivity index (χ1n) is 5.99. The molecule has 17 heavy (non-hydrogen) atoms. The molecule has 1 aliphatic rings. The van der Waals surface area contributed by atoms with E-state index in [1.54, 1.807) is 0 Å². The molecule has 0 atom stereocenters. The summed E-state index contributed by atoms with van der Waals surface area (Å²) in [6.07, 6.45) is 3.35. The first kappa shape index (κ1) is 10.3. The first-order chi connectivity index (χ1) is 8.24. The van der Waals surface area contributed by atoms with E-state index in [4.69, 9.17) is 5.73 Å². The molecular weight excluding hydrogens is 212 g/mol. The molecule has 1 aromatic heterocycles. The zero-order valence-electron chi connectivity index (χ0n) is 9.93. The maximum atomic E-state index is 5.68. The highest BCUT2D eigenvalue weighted by Crippen LogP contribution is 2.36. The Kier molecular flexibility index (Phi) is 2.35. The SMILES string of the molecule is Cc1nnc(Cc2ccc(N)cc2)n1C1CC1. The topological polar surface area (TPSA) is 56.7 Å². The summed E-state index contributed by atoms with van der Waals surface area (Å²) in [4.78, 5) is 0.